The van der Waals surface area contributed by atoms with Crippen LogP contribution in [-0.2, 0) is 9.53 Å². The van der Waals surface area contributed by atoms with E-state index in [1.807, 2.05) is 42.5 Å². The zero-order valence-corrected chi connectivity index (χ0v) is 18.3. The molecule has 4 aromatic rings. The largest absolute Gasteiger partial charge is 0.449 e. The van der Waals surface area contributed by atoms with Crippen molar-refractivity contribution in [2.24, 2.45) is 0 Å². The average molecular weight is 478 g/mol. The highest BCUT2D eigenvalue weighted by Gasteiger charge is 2.22. The van der Waals surface area contributed by atoms with Crippen LogP contribution in [0.5, 0.6) is 0 Å². The van der Waals surface area contributed by atoms with Gasteiger partial charge in [-0.25, -0.2) is 9.78 Å². The third-order valence-corrected chi connectivity index (χ3v) is 5.32. The lowest BCUT2D eigenvalue weighted by atomic mass is 10.2. The van der Waals surface area contributed by atoms with Gasteiger partial charge in [0.25, 0.3) is 5.91 Å². The number of nitrogens with zero attached hydrogens (tertiary/aromatic N) is 1. The number of amides is 1. The molecule has 0 aliphatic carbocycles. The fraction of sp³-hybridized carbons (Fsp3) is 0.125. The molecule has 6 nitrogen and oxygen atoms in total. The Morgan fingerprint density at radius 1 is 1.06 bits per heavy atom. The monoisotopic (exact) mass is 477 g/mol. The van der Waals surface area contributed by atoms with Gasteiger partial charge in [0.1, 0.15) is 5.82 Å². The number of anilines is 1. The van der Waals surface area contributed by atoms with E-state index in [1.54, 1.807) is 37.3 Å². The van der Waals surface area contributed by atoms with E-state index >= 15 is 0 Å². The van der Waals surface area contributed by atoms with Crippen molar-refractivity contribution < 1.29 is 14.3 Å². The molecule has 0 spiro atoms. The molecule has 1 atom stereocenters. The molecule has 1 aromatic heterocycles. The SMILES string of the molecule is CCC(OC(=O)c1ccc2nc(-c3ccccc3)[nH]c2c1)C(=O)Nc1ccc(Br)cc1. The summed E-state index contributed by atoms with van der Waals surface area (Å²) in [5.41, 5.74) is 3.41. The minimum Gasteiger partial charge on any atom is -0.449 e. The normalized spacial score (nSPS) is 11.8. The van der Waals surface area contributed by atoms with Gasteiger partial charge in [-0.3, -0.25) is 4.79 Å². The zero-order chi connectivity index (χ0) is 21.8. The number of benzene rings is 3. The first-order valence-corrected chi connectivity index (χ1v) is 10.7. The molecule has 0 aliphatic rings. The van der Waals surface area contributed by atoms with Crippen LogP contribution in [0.15, 0.2) is 77.3 Å². The summed E-state index contributed by atoms with van der Waals surface area (Å²) in [6.45, 7) is 1.79. The molecule has 3 aromatic carbocycles. The molecular formula is C24H20BrN3O3. The number of aromatic nitrogens is 2. The van der Waals surface area contributed by atoms with E-state index in [0.29, 0.717) is 17.7 Å². The maximum absolute atomic E-state index is 12.7. The lowest BCUT2D eigenvalue weighted by Gasteiger charge is -2.16. The summed E-state index contributed by atoms with van der Waals surface area (Å²) >= 11 is 3.36. The number of fused-ring (bicyclic) bond motifs is 1. The van der Waals surface area contributed by atoms with Gasteiger partial charge in [-0.15, -0.1) is 0 Å². The van der Waals surface area contributed by atoms with E-state index in [4.69, 9.17) is 4.74 Å². The van der Waals surface area contributed by atoms with Crippen molar-refractivity contribution in [3.8, 4) is 11.4 Å². The number of rotatable bonds is 6. The predicted octanol–water partition coefficient (Wildman–Crippen LogP) is 5.57. The summed E-state index contributed by atoms with van der Waals surface area (Å²) in [6, 6.07) is 22.0. The third-order valence-electron chi connectivity index (χ3n) is 4.79. The standard InChI is InChI=1S/C24H20BrN3O3/c1-2-21(23(29)26-18-11-9-17(25)10-12-18)31-24(30)16-8-13-19-20(14-16)28-22(27-19)15-6-4-3-5-7-15/h3-14,21H,2H2,1H3,(H,26,29)(H,27,28). The van der Waals surface area contributed by atoms with Crippen LogP contribution in [0.4, 0.5) is 5.69 Å². The predicted molar refractivity (Wildman–Crippen MR) is 124 cm³/mol. The van der Waals surface area contributed by atoms with Crippen molar-refractivity contribution in [2.75, 3.05) is 5.32 Å². The Morgan fingerprint density at radius 3 is 2.52 bits per heavy atom. The van der Waals surface area contributed by atoms with E-state index in [-0.39, 0.29) is 5.91 Å². The van der Waals surface area contributed by atoms with Crippen LogP contribution in [0.2, 0.25) is 0 Å². The van der Waals surface area contributed by atoms with Gasteiger partial charge in [0.2, 0.25) is 0 Å². The van der Waals surface area contributed by atoms with E-state index in [0.717, 1.165) is 26.9 Å². The van der Waals surface area contributed by atoms with Gasteiger partial charge in [0.15, 0.2) is 6.10 Å². The van der Waals surface area contributed by atoms with Gasteiger partial charge >= 0.3 is 5.97 Å². The number of aromatic amines is 1. The van der Waals surface area contributed by atoms with Crippen LogP contribution in [0.3, 0.4) is 0 Å². The van der Waals surface area contributed by atoms with Crippen LogP contribution >= 0.6 is 15.9 Å². The summed E-state index contributed by atoms with van der Waals surface area (Å²) in [5.74, 6) is -0.204. The number of imidazole rings is 1. The molecule has 0 saturated carbocycles. The number of H-pyrrole nitrogens is 1. The molecule has 1 amide bonds. The van der Waals surface area contributed by atoms with Crippen molar-refractivity contribution >= 4 is 44.5 Å². The Morgan fingerprint density at radius 2 is 1.81 bits per heavy atom. The van der Waals surface area contributed by atoms with Crippen LogP contribution in [-0.4, -0.2) is 27.9 Å². The number of hydrogen-bond donors (Lipinski definition) is 2. The number of hydrogen-bond acceptors (Lipinski definition) is 4. The second-order valence-corrected chi connectivity index (χ2v) is 7.90. The molecule has 1 heterocycles. The third kappa shape index (κ3) is 4.83. The highest BCUT2D eigenvalue weighted by Crippen LogP contribution is 2.22. The highest BCUT2D eigenvalue weighted by molar-refractivity contribution is 9.10. The number of esters is 1. The maximum Gasteiger partial charge on any atom is 0.338 e. The van der Waals surface area contributed by atoms with Gasteiger partial charge in [0.05, 0.1) is 16.6 Å². The first-order chi connectivity index (χ1) is 15.0. The van der Waals surface area contributed by atoms with Gasteiger partial charge in [0, 0.05) is 15.7 Å². The molecule has 0 bridgehead atoms. The first-order valence-electron chi connectivity index (χ1n) is 9.86. The fourth-order valence-corrected chi connectivity index (χ4v) is 3.41. The van der Waals surface area contributed by atoms with Crippen molar-refractivity contribution in [1.82, 2.24) is 9.97 Å². The Balaban J connectivity index is 1.48. The van der Waals surface area contributed by atoms with Gasteiger partial charge in [-0.05, 0) is 48.9 Å². The molecule has 0 fully saturated rings. The van der Waals surface area contributed by atoms with E-state index < -0.39 is 12.1 Å². The molecule has 7 heteroatoms. The highest BCUT2D eigenvalue weighted by atomic mass is 79.9. The number of nitrogens with one attached hydrogen (secondary N) is 2. The zero-order valence-electron chi connectivity index (χ0n) is 16.8. The summed E-state index contributed by atoms with van der Waals surface area (Å²) in [5, 5.41) is 2.77. The van der Waals surface area contributed by atoms with Crippen molar-refractivity contribution in [2.45, 2.75) is 19.4 Å². The minimum absolute atomic E-state index is 0.352. The van der Waals surface area contributed by atoms with Crippen LogP contribution in [0.25, 0.3) is 22.4 Å². The van der Waals surface area contributed by atoms with Crippen molar-refractivity contribution in [3.05, 3.63) is 82.8 Å². The molecule has 0 aliphatic heterocycles. The number of carbonyl (C=O) groups is 2. The fourth-order valence-electron chi connectivity index (χ4n) is 3.14. The molecule has 2 N–H and O–H groups in total. The van der Waals surface area contributed by atoms with Gasteiger partial charge < -0.3 is 15.0 Å². The Kier molecular flexibility index (Phi) is 6.13. The van der Waals surface area contributed by atoms with Crippen molar-refractivity contribution in [3.63, 3.8) is 0 Å². The number of halogens is 1. The Bertz CT molecular complexity index is 1220. The Hall–Kier alpha value is -3.45. The molecule has 4 rings (SSSR count). The topological polar surface area (TPSA) is 84.1 Å². The maximum atomic E-state index is 12.7. The summed E-state index contributed by atoms with van der Waals surface area (Å²) in [7, 11) is 0. The number of carbonyl (C=O) groups excluding carboxylic acids is 2. The first kappa shape index (κ1) is 20.8. The van der Waals surface area contributed by atoms with Crippen molar-refractivity contribution in [1.29, 1.82) is 0 Å². The van der Waals surface area contributed by atoms with E-state index in [9.17, 15) is 9.59 Å². The summed E-state index contributed by atoms with van der Waals surface area (Å²) in [6.07, 6.45) is -0.535. The molecule has 31 heavy (non-hydrogen) atoms. The van der Waals surface area contributed by atoms with E-state index in [2.05, 4.69) is 31.2 Å². The van der Waals surface area contributed by atoms with Crippen LogP contribution in [0.1, 0.15) is 23.7 Å². The lowest BCUT2D eigenvalue weighted by molar-refractivity contribution is -0.124. The van der Waals surface area contributed by atoms with Crippen LogP contribution in [0, 0.1) is 0 Å². The molecule has 0 radical (unpaired) electrons. The summed E-state index contributed by atoms with van der Waals surface area (Å²) in [4.78, 5) is 33.0. The summed E-state index contributed by atoms with van der Waals surface area (Å²) < 4.78 is 6.40. The molecule has 1 unspecified atom stereocenters. The second kappa shape index (κ2) is 9.14. The number of ether oxygens (including phenoxy) is 1. The average Bonchev–Trinajstić information content (AvgIpc) is 3.23. The van der Waals surface area contributed by atoms with Gasteiger partial charge in [-0.2, -0.15) is 0 Å². The van der Waals surface area contributed by atoms with Crippen LogP contribution < -0.4 is 5.32 Å². The second-order valence-electron chi connectivity index (χ2n) is 6.98. The lowest BCUT2D eigenvalue weighted by Crippen LogP contribution is -2.32. The Labute approximate surface area is 187 Å². The minimum atomic E-state index is -0.895. The molecule has 0 saturated heterocycles. The quantitative estimate of drug-likeness (QED) is 0.355. The van der Waals surface area contributed by atoms with Gasteiger partial charge in [-0.1, -0.05) is 53.2 Å². The smallest absolute Gasteiger partial charge is 0.338 e. The van der Waals surface area contributed by atoms with E-state index in [1.165, 1.54) is 0 Å². The molecule has 156 valence electrons. The molecular weight excluding hydrogens is 458 g/mol.